The lowest BCUT2D eigenvalue weighted by Gasteiger charge is -2.13. The van der Waals surface area contributed by atoms with Gasteiger partial charge in [-0.1, -0.05) is 5.16 Å². The van der Waals surface area contributed by atoms with Crippen molar-refractivity contribution in [2.45, 2.75) is 12.5 Å². The van der Waals surface area contributed by atoms with Crippen LogP contribution in [0.25, 0.3) is 11.3 Å². The maximum absolute atomic E-state index is 13.5. The summed E-state index contributed by atoms with van der Waals surface area (Å²) in [5.41, 5.74) is 1.64. The highest BCUT2D eigenvalue weighted by Gasteiger charge is 2.22. The first-order chi connectivity index (χ1) is 11.7. The molecule has 0 aliphatic carbocycles. The average molecular weight is 355 g/mol. The number of nitrogens with one attached hydrogen (secondary N) is 1. The summed E-state index contributed by atoms with van der Waals surface area (Å²) in [6.07, 6.45) is 2.62. The monoisotopic (exact) mass is 354 g/mol. The van der Waals surface area contributed by atoms with Gasteiger partial charge in [0.2, 0.25) is 5.95 Å². The van der Waals surface area contributed by atoms with Gasteiger partial charge in [-0.3, -0.25) is 0 Å². The van der Waals surface area contributed by atoms with Crippen molar-refractivity contribution in [3.8, 4) is 17.0 Å². The molecule has 9 heteroatoms. The molecule has 3 rings (SSSR count). The molecule has 0 aromatic carbocycles. The fourth-order valence-electron chi connectivity index (χ4n) is 2.20. The molecule has 126 valence electrons. The fourth-order valence-corrected chi connectivity index (χ4v) is 2.36. The number of rotatable bonds is 6. The zero-order chi connectivity index (χ0) is 16.9. The molecule has 2 aromatic rings. The van der Waals surface area contributed by atoms with Crippen LogP contribution in [0.1, 0.15) is 6.42 Å². The lowest BCUT2D eigenvalue weighted by molar-refractivity contribution is 0.0470. The molecule has 24 heavy (non-hydrogen) atoms. The number of halogens is 3. The molecule has 2 aromatic heterocycles. The molecule has 0 spiro atoms. The Morgan fingerprint density at radius 3 is 2.92 bits per heavy atom. The zero-order valence-corrected chi connectivity index (χ0v) is 13.1. The molecule has 1 aliphatic rings. The quantitative estimate of drug-likeness (QED) is 0.638. The first kappa shape index (κ1) is 16.5. The predicted molar refractivity (Wildman–Crippen MR) is 83.7 cm³/mol. The van der Waals surface area contributed by atoms with Crippen LogP contribution in [0, 0.1) is 11.8 Å². The van der Waals surface area contributed by atoms with Crippen LogP contribution in [-0.2, 0) is 4.84 Å². The minimum Gasteiger partial charge on any atom is -0.487 e. The topological polar surface area (TPSA) is 68.6 Å². The van der Waals surface area contributed by atoms with Crippen molar-refractivity contribution in [1.29, 1.82) is 0 Å². The van der Waals surface area contributed by atoms with Crippen LogP contribution in [0.15, 0.2) is 35.7 Å². The van der Waals surface area contributed by atoms with Gasteiger partial charge in [-0.2, -0.15) is 4.39 Å². The third kappa shape index (κ3) is 3.95. The number of pyridine rings is 2. The van der Waals surface area contributed by atoms with Crippen molar-refractivity contribution in [2.75, 3.05) is 13.2 Å². The standard InChI is InChI=1S/C15H13ClF2N4O2/c16-21-7-11-4-12(24-22-11)8-23-13-3-10(17)6-20-15(13)9-1-2-14(18)19-5-9/h1-3,5-6,12,21H,4,7-8H2. The lowest BCUT2D eigenvalue weighted by atomic mass is 10.1. The number of nitrogens with zero attached hydrogens (tertiary/aromatic N) is 3. The van der Waals surface area contributed by atoms with Crippen molar-refractivity contribution in [1.82, 2.24) is 14.8 Å². The first-order valence-corrected chi connectivity index (χ1v) is 7.49. The summed E-state index contributed by atoms with van der Waals surface area (Å²) < 4.78 is 32.1. The molecule has 0 radical (unpaired) electrons. The first-order valence-electron chi connectivity index (χ1n) is 7.11. The Kier molecular flexibility index (Phi) is 5.17. The van der Waals surface area contributed by atoms with E-state index >= 15 is 0 Å². The molecular weight excluding hydrogens is 342 g/mol. The van der Waals surface area contributed by atoms with Gasteiger partial charge in [-0.25, -0.2) is 19.2 Å². The van der Waals surface area contributed by atoms with E-state index in [1.807, 2.05) is 0 Å². The molecule has 0 saturated heterocycles. The van der Waals surface area contributed by atoms with Gasteiger partial charge >= 0.3 is 0 Å². The van der Waals surface area contributed by atoms with Crippen molar-refractivity contribution in [2.24, 2.45) is 5.16 Å². The molecule has 0 fully saturated rings. The van der Waals surface area contributed by atoms with E-state index < -0.39 is 11.8 Å². The number of hydrogen-bond donors (Lipinski definition) is 1. The number of ether oxygens (including phenoxy) is 1. The van der Waals surface area contributed by atoms with Gasteiger partial charge in [0.1, 0.15) is 23.9 Å². The largest absolute Gasteiger partial charge is 0.487 e. The van der Waals surface area contributed by atoms with Crippen LogP contribution in [-0.4, -0.2) is 34.9 Å². The molecule has 0 amide bonds. The van der Waals surface area contributed by atoms with E-state index in [1.54, 1.807) is 0 Å². The molecular formula is C15H13ClF2N4O2. The minimum atomic E-state index is -0.611. The molecule has 0 saturated carbocycles. The van der Waals surface area contributed by atoms with E-state index in [0.29, 0.717) is 24.2 Å². The summed E-state index contributed by atoms with van der Waals surface area (Å²) in [6.45, 7) is 0.564. The minimum absolute atomic E-state index is 0.155. The normalized spacial score (nSPS) is 16.6. The molecule has 1 N–H and O–H groups in total. The van der Waals surface area contributed by atoms with Gasteiger partial charge in [0.15, 0.2) is 6.10 Å². The maximum Gasteiger partial charge on any atom is 0.212 e. The van der Waals surface area contributed by atoms with Crippen molar-refractivity contribution < 1.29 is 18.4 Å². The molecule has 0 bridgehead atoms. The van der Waals surface area contributed by atoms with E-state index in [-0.39, 0.29) is 18.5 Å². The average Bonchev–Trinajstić information content (AvgIpc) is 3.02. The summed E-state index contributed by atoms with van der Waals surface area (Å²) in [4.78, 5) is 15.3. The van der Waals surface area contributed by atoms with Crippen molar-refractivity contribution in [3.05, 3.63) is 42.4 Å². The van der Waals surface area contributed by atoms with Crippen molar-refractivity contribution >= 4 is 17.5 Å². The second-order valence-electron chi connectivity index (χ2n) is 5.08. The highest BCUT2D eigenvalue weighted by Crippen LogP contribution is 2.28. The Labute approximate surface area is 141 Å². The van der Waals surface area contributed by atoms with Crippen LogP contribution in [0.4, 0.5) is 8.78 Å². The van der Waals surface area contributed by atoms with Crippen LogP contribution in [0.5, 0.6) is 5.75 Å². The van der Waals surface area contributed by atoms with E-state index in [4.69, 9.17) is 21.4 Å². The van der Waals surface area contributed by atoms with E-state index in [1.165, 1.54) is 24.4 Å². The summed E-state index contributed by atoms with van der Waals surface area (Å²) >= 11 is 5.42. The predicted octanol–water partition coefficient (Wildman–Crippen LogP) is 2.69. The third-order valence-electron chi connectivity index (χ3n) is 3.31. The Hall–Kier alpha value is -2.32. The van der Waals surface area contributed by atoms with Crippen LogP contribution < -0.4 is 9.57 Å². The Morgan fingerprint density at radius 2 is 2.17 bits per heavy atom. The molecule has 6 nitrogen and oxygen atoms in total. The number of oxime groups is 1. The Balaban J connectivity index is 1.71. The van der Waals surface area contributed by atoms with Gasteiger partial charge in [-0.15, -0.1) is 0 Å². The van der Waals surface area contributed by atoms with Crippen LogP contribution in [0.3, 0.4) is 0 Å². The summed E-state index contributed by atoms with van der Waals surface area (Å²) in [7, 11) is 0. The Bertz CT molecular complexity index is 743. The number of aromatic nitrogens is 2. The van der Waals surface area contributed by atoms with Gasteiger partial charge in [0.25, 0.3) is 0 Å². The van der Waals surface area contributed by atoms with E-state index in [9.17, 15) is 8.78 Å². The lowest BCUT2D eigenvalue weighted by Crippen LogP contribution is -2.21. The second-order valence-corrected chi connectivity index (χ2v) is 5.35. The van der Waals surface area contributed by atoms with E-state index in [2.05, 4.69) is 20.0 Å². The number of hydrogen-bond acceptors (Lipinski definition) is 6. The van der Waals surface area contributed by atoms with Crippen molar-refractivity contribution in [3.63, 3.8) is 0 Å². The SMILES string of the molecule is Fc1cnc(-c2ccc(F)nc2)c(OCC2CC(CNCl)=NO2)c1. The highest BCUT2D eigenvalue weighted by molar-refractivity contribution is 6.14. The Morgan fingerprint density at radius 1 is 1.29 bits per heavy atom. The second kappa shape index (κ2) is 7.50. The van der Waals surface area contributed by atoms with Crippen LogP contribution >= 0.6 is 11.8 Å². The summed E-state index contributed by atoms with van der Waals surface area (Å²) in [5, 5.41) is 3.88. The van der Waals surface area contributed by atoms with Gasteiger partial charge < -0.3 is 9.57 Å². The summed E-state index contributed by atoms with van der Waals surface area (Å²) in [5.74, 6) is -0.935. The molecule has 1 atom stereocenters. The van der Waals surface area contributed by atoms with Gasteiger partial charge in [0.05, 0.1) is 18.5 Å². The highest BCUT2D eigenvalue weighted by atomic mass is 35.5. The van der Waals surface area contributed by atoms with E-state index in [0.717, 1.165) is 11.9 Å². The van der Waals surface area contributed by atoms with Gasteiger partial charge in [-0.05, 0) is 23.9 Å². The van der Waals surface area contributed by atoms with Crippen LogP contribution in [0.2, 0.25) is 0 Å². The molecule has 3 heterocycles. The zero-order valence-electron chi connectivity index (χ0n) is 12.4. The fraction of sp³-hybridized carbons (Fsp3) is 0.267. The summed E-state index contributed by atoms with van der Waals surface area (Å²) in [6, 6.07) is 3.90. The third-order valence-corrected chi connectivity index (χ3v) is 3.44. The maximum atomic E-state index is 13.5. The molecule has 1 unspecified atom stereocenters. The smallest absolute Gasteiger partial charge is 0.212 e. The van der Waals surface area contributed by atoms with Gasteiger partial charge in [0, 0.05) is 24.2 Å². The molecule has 1 aliphatic heterocycles.